The predicted octanol–water partition coefficient (Wildman–Crippen LogP) is 3.73. The quantitative estimate of drug-likeness (QED) is 0.874. The summed E-state index contributed by atoms with van der Waals surface area (Å²) in [5, 5.41) is 3.09. The second kappa shape index (κ2) is 8.53. The Morgan fingerprint density at radius 3 is 2.38 bits per heavy atom. The zero-order valence-corrected chi connectivity index (χ0v) is 16.0. The number of piperidine rings is 1. The first-order chi connectivity index (χ1) is 12.8. The molecular weight excluding hydrogens is 322 g/mol. The third-order valence-electron chi connectivity index (χ3n) is 6.59. The first-order valence-corrected chi connectivity index (χ1v) is 10.6. The summed E-state index contributed by atoms with van der Waals surface area (Å²) < 4.78 is 0. The van der Waals surface area contributed by atoms with E-state index < -0.39 is 0 Å². The largest absolute Gasteiger partial charge is 0.325 e. The van der Waals surface area contributed by atoms with Gasteiger partial charge < -0.3 is 5.32 Å². The third kappa shape index (κ3) is 4.66. The molecule has 2 heterocycles. The van der Waals surface area contributed by atoms with Gasteiger partial charge in [-0.2, -0.15) is 0 Å². The number of benzene rings is 1. The number of amides is 1. The number of nitrogens with zero attached hydrogens (tertiary/aromatic N) is 2. The molecule has 2 saturated heterocycles. The zero-order valence-electron chi connectivity index (χ0n) is 16.0. The van der Waals surface area contributed by atoms with E-state index in [0.717, 1.165) is 37.2 Å². The summed E-state index contributed by atoms with van der Waals surface area (Å²) in [5.41, 5.74) is 2.26. The average Bonchev–Trinajstić information content (AvgIpc) is 3.16. The van der Waals surface area contributed by atoms with Gasteiger partial charge in [-0.3, -0.25) is 14.6 Å². The number of likely N-dealkylation sites (tertiary alicyclic amines) is 2. The van der Waals surface area contributed by atoms with E-state index >= 15 is 0 Å². The molecule has 1 N–H and O–H groups in total. The van der Waals surface area contributed by atoms with E-state index in [4.69, 9.17) is 0 Å². The first kappa shape index (κ1) is 18.0. The van der Waals surface area contributed by atoms with Crippen molar-refractivity contribution in [2.24, 2.45) is 11.8 Å². The van der Waals surface area contributed by atoms with Crippen molar-refractivity contribution in [3.8, 4) is 0 Å². The fourth-order valence-corrected chi connectivity index (χ4v) is 5.12. The maximum atomic E-state index is 12.4. The highest BCUT2D eigenvalue weighted by Crippen LogP contribution is 2.35. The summed E-state index contributed by atoms with van der Waals surface area (Å²) in [6.45, 7) is 6.21. The van der Waals surface area contributed by atoms with Gasteiger partial charge in [0.05, 0.1) is 6.54 Å². The molecule has 1 aromatic carbocycles. The molecule has 0 spiro atoms. The minimum absolute atomic E-state index is 0.131. The molecule has 0 unspecified atom stereocenters. The van der Waals surface area contributed by atoms with Crippen LogP contribution in [0.2, 0.25) is 0 Å². The van der Waals surface area contributed by atoms with Crippen LogP contribution in [0, 0.1) is 11.8 Å². The molecule has 26 heavy (non-hydrogen) atoms. The standard InChI is InChI=1S/C22H33N3O/c26-22(17-25-14-11-19-5-1-2-6-20(19)16-25)23-21-9-7-18(8-10-21)15-24-12-3-4-13-24/h7-10,19-20H,1-6,11-17H2,(H,23,26)/t19-,20-/m1/s1. The van der Waals surface area contributed by atoms with Crippen molar-refractivity contribution in [2.45, 2.75) is 51.5 Å². The van der Waals surface area contributed by atoms with E-state index in [2.05, 4.69) is 39.4 Å². The van der Waals surface area contributed by atoms with Gasteiger partial charge in [-0.15, -0.1) is 0 Å². The average molecular weight is 356 g/mol. The Balaban J connectivity index is 1.24. The minimum Gasteiger partial charge on any atom is -0.325 e. The van der Waals surface area contributed by atoms with E-state index in [0.29, 0.717) is 6.54 Å². The Hall–Kier alpha value is -1.39. The SMILES string of the molecule is O=C(CN1CC[C@H]2CCCC[C@@H]2C1)Nc1ccc(CN2CCCC2)cc1. The fourth-order valence-electron chi connectivity index (χ4n) is 5.12. The number of rotatable bonds is 5. The Morgan fingerprint density at radius 1 is 0.885 bits per heavy atom. The van der Waals surface area contributed by atoms with E-state index in [1.165, 1.54) is 63.6 Å². The highest BCUT2D eigenvalue weighted by atomic mass is 16.2. The van der Waals surface area contributed by atoms with Gasteiger partial charge in [-0.1, -0.05) is 31.4 Å². The van der Waals surface area contributed by atoms with E-state index in [1.54, 1.807) is 0 Å². The molecular formula is C22H33N3O. The number of carbonyl (C=O) groups excluding carboxylic acids is 1. The molecule has 142 valence electrons. The van der Waals surface area contributed by atoms with Crippen LogP contribution in [-0.2, 0) is 11.3 Å². The van der Waals surface area contributed by atoms with Gasteiger partial charge in [0.1, 0.15) is 0 Å². The van der Waals surface area contributed by atoms with Crippen LogP contribution in [0.1, 0.15) is 50.5 Å². The van der Waals surface area contributed by atoms with Crippen molar-refractivity contribution < 1.29 is 4.79 Å². The lowest BCUT2D eigenvalue weighted by Crippen LogP contribution is -2.44. The molecule has 4 nitrogen and oxygen atoms in total. The predicted molar refractivity (Wildman–Crippen MR) is 106 cm³/mol. The molecule has 0 bridgehead atoms. The molecule has 4 heteroatoms. The normalized spacial score (nSPS) is 27.2. The summed E-state index contributed by atoms with van der Waals surface area (Å²) in [4.78, 5) is 17.3. The summed E-state index contributed by atoms with van der Waals surface area (Å²) in [7, 11) is 0. The number of anilines is 1. The first-order valence-electron chi connectivity index (χ1n) is 10.6. The highest BCUT2D eigenvalue weighted by Gasteiger charge is 2.31. The third-order valence-corrected chi connectivity index (χ3v) is 6.59. The van der Waals surface area contributed by atoms with Gasteiger partial charge in [0, 0.05) is 18.8 Å². The van der Waals surface area contributed by atoms with E-state index in [1.807, 2.05) is 0 Å². The Bertz CT molecular complexity index is 594. The molecule has 1 amide bonds. The molecule has 3 fully saturated rings. The lowest BCUT2D eigenvalue weighted by atomic mass is 9.75. The van der Waals surface area contributed by atoms with Gasteiger partial charge in [0.2, 0.25) is 5.91 Å². The van der Waals surface area contributed by atoms with Gasteiger partial charge in [-0.25, -0.2) is 0 Å². The molecule has 0 aromatic heterocycles. The number of hydrogen-bond acceptors (Lipinski definition) is 3. The van der Waals surface area contributed by atoms with Crippen molar-refractivity contribution in [2.75, 3.05) is 38.0 Å². The van der Waals surface area contributed by atoms with Crippen LogP contribution in [0.25, 0.3) is 0 Å². The van der Waals surface area contributed by atoms with Gasteiger partial charge in [0.25, 0.3) is 0 Å². The molecule has 1 aromatic rings. The number of nitrogens with one attached hydrogen (secondary N) is 1. The molecule has 4 rings (SSSR count). The molecule has 3 aliphatic rings. The van der Waals surface area contributed by atoms with Gasteiger partial charge in [-0.05, 0) is 74.8 Å². The van der Waals surface area contributed by atoms with Crippen LogP contribution in [0.5, 0.6) is 0 Å². The van der Waals surface area contributed by atoms with E-state index in [-0.39, 0.29) is 5.91 Å². The number of hydrogen-bond donors (Lipinski definition) is 1. The van der Waals surface area contributed by atoms with Crippen LogP contribution in [0.3, 0.4) is 0 Å². The Morgan fingerprint density at radius 2 is 1.62 bits per heavy atom. The van der Waals surface area contributed by atoms with Crippen molar-refractivity contribution in [1.29, 1.82) is 0 Å². The van der Waals surface area contributed by atoms with Gasteiger partial charge >= 0.3 is 0 Å². The number of fused-ring (bicyclic) bond motifs is 1. The maximum Gasteiger partial charge on any atom is 0.238 e. The van der Waals surface area contributed by atoms with Crippen molar-refractivity contribution in [1.82, 2.24) is 9.80 Å². The lowest BCUT2D eigenvalue weighted by Gasteiger charge is -2.41. The van der Waals surface area contributed by atoms with Crippen molar-refractivity contribution in [3.63, 3.8) is 0 Å². The van der Waals surface area contributed by atoms with E-state index in [9.17, 15) is 4.79 Å². The molecule has 2 atom stereocenters. The molecule has 0 radical (unpaired) electrons. The second-order valence-electron chi connectivity index (χ2n) is 8.56. The zero-order chi connectivity index (χ0) is 17.8. The number of carbonyl (C=O) groups is 1. The smallest absolute Gasteiger partial charge is 0.238 e. The van der Waals surface area contributed by atoms with Crippen LogP contribution in [-0.4, -0.2) is 48.4 Å². The van der Waals surface area contributed by atoms with Crippen LogP contribution in [0.15, 0.2) is 24.3 Å². The van der Waals surface area contributed by atoms with Crippen LogP contribution < -0.4 is 5.32 Å². The minimum atomic E-state index is 0.131. The summed E-state index contributed by atoms with van der Waals surface area (Å²) >= 11 is 0. The Labute approximate surface area is 157 Å². The van der Waals surface area contributed by atoms with Crippen molar-refractivity contribution in [3.05, 3.63) is 29.8 Å². The molecule has 1 aliphatic carbocycles. The van der Waals surface area contributed by atoms with Crippen LogP contribution >= 0.6 is 0 Å². The Kier molecular flexibility index (Phi) is 5.91. The highest BCUT2D eigenvalue weighted by molar-refractivity contribution is 5.92. The molecule has 1 saturated carbocycles. The monoisotopic (exact) mass is 355 g/mol. The van der Waals surface area contributed by atoms with Crippen molar-refractivity contribution >= 4 is 11.6 Å². The van der Waals surface area contributed by atoms with Gasteiger partial charge in [0.15, 0.2) is 0 Å². The van der Waals surface area contributed by atoms with Crippen LogP contribution in [0.4, 0.5) is 5.69 Å². The lowest BCUT2D eigenvalue weighted by molar-refractivity contribution is -0.118. The topological polar surface area (TPSA) is 35.6 Å². The molecule has 2 aliphatic heterocycles. The summed E-state index contributed by atoms with van der Waals surface area (Å²) in [6.07, 6.45) is 9.50. The summed E-state index contributed by atoms with van der Waals surface area (Å²) in [5.74, 6) is 1.88. The summed E-state index contributed by atoms with van der Waals surface area (Å²) in [6, 6.07) is 8.41. The second-order valence-corrected chi connectivity index (χ2v) is 8.56. The fraction of sp³-hybridized carbons (Fsp3) is 0.682. The maximum absolute atomic E-state index is 12.4.